The lowest BCUT2D eigenvalue weighted by Gasteiger charge is -2.08. The molecule has 0 aliphatic heterocycles. The molecule has 4 N–H and O–H groups in total. The topological polar surface area (TPSA) is 108 Å². The van der Waals surface area contributed by atoms with Gasteiger partial charge in [-0.1, -0.05) is 12.1 Å². The van der Waals surface area contributed by atoms with Crippen LogP contribution in [-0.4, -0.2) is 36.1 Å². The number of hydrogen-bond acceptors (Lipinski definition) is 3. The molecule has 1 rings (SSSR count). The zero-order valence-electron chi connectivity index (χ0n) is 11.6. The summed E-state index contributed by atoms with van der Waals surface area (Å²) in [5.74, 6) is -1.17. The van der Waals surface area contributed by atoms with Crippen LogP contribution < -0.4 is 16.0 Å². The summed E-state index contributed by atoms with van der Waals surface area (Å²) in [6, 6.07) is 6.32. The van der Waals surface area contributed by atoms with E-state index in [0.29, 0.717) is 24.3 Å². The van der Waals surface area contributed by atoms with Crippen LogP contribution in [0.1, 0.15) is 12.5 Å². The minimum atomic E-state index is -1.02. The fraction of sp³-hybridized carbons (Fsp3) is 0.214. The first-order valence-corrected chi connectivity index (χ1v) is 6.28. The average Bonchev–Trinajstić information content (AvgIpc) is 2.42. The summed E-state index contributed by atoms with van der Waals surface area (Å²) >= 11 is 0. The van der Waals surface area contributed by atoms with Crippen molar-refractivity contribution in [3.63, 3.8) is 0 Å². The van der Waals surface area contributed by atoms with Crippen LogP contribution in [0, 0.1) is 0 Å². The van der Waals surface area contributed by atoms with E-state index < -0.39 is 5.97 Å². The number of carboxylic acid groups (broad SMARTS) is 1. The van der Waals surface area contributed by atoms with E-state index in [-0.39, 0.29) is 11.9 Å². The number of benzene rings is 1. The summed E-state index contributed by atoms with van der Waals surface area (Å²) in [5, 5.41) is 16.3. The first-order chi connectivity index (χ1) is 9.97. The van der Waals surface area contributed by atoms with Crippen molar-refractivity contribution in [1.29, 1.82) is 0 Å². The minimum absolute atomic E-state index is 0.151. The van der Waals surface area contributed by atoms with Gasteiger partial charge in [-0.05, 0) is 23.8 Å². The van der Waals surface area contributed by atoms with Gasteiger partial charge in [0.1, 0.15) is 0 Å². The van der Waals surface area contributed by atoms with E-state index in [4.69, 9.17) is 5.11 Å². The lowest BCUT2D eigenvalue weighted by Crippen LogP contribution is -2.36. The van der Waals surface area contributed by atoms with Crippen LogP contribution in [0.15, 0.2) is 30.3 Å². The van der Waals surface area contributed by atoms with E-state index in [1.165, 1.54) is 13.0 Å². The second-order valence-electron chi connectivity index (χ2n) is 4.16. The van der Waals surface area contributed by atoms with Crippen LogP contribution in [-0.2, 0) is 9.59 Å². The van der Waals surface area contributed by atoms with Crippen molar-refractivity contribution in [3.05, 3.63) is 35.9 Å². The fourth-order valence-electron chi connectivity index (χ4n) is 1.43. The van der Waals surface area contributed by atoms with Crippen molar-refractivity contribution in [2.45, 2.75) is 6.92 Å². The summed E-state index contributed by atoms with van der Waals surface area (Å²) in [6.45, 7) is 2.09. The molecular weight excluding hydrogens is 274 g/mol. The summed E-state index contributed by atoms with van der Waals surface area (Å²) < 4.78 is 0. The van der Waals surface area contributed by atoms with Gasteiger partial charge >= 0.3 is 12.0 Å². The summed E-state index contributed by atoms with van der Waals surface area (Å²) in [4.78, 5) is 32.5. The Kier molecular flexibility index (Phi) is 6.46. The highest BCUT2D eigenvalue weighted by atomic mass is 16.4. The van der Waals surface area contributed by atoms with Crippen LogP contribution in [0.3, 0.4) is 0 Å². The first kappa shape index (κ1) is 16.2. The highest BCUT2D eigenvalue weighted by Crippen LogP contribution is 2.10. The molecule has 0 radical (unpaired) electrons. The Morgan fingerprint density at radius 3 is 2.29 bits per heavy atom. The number of carbonyl (C=O) groups excluding carboxylic acids is 2. The van der Waals surface area contributed by atoms with E-state index >= 15 is 0 Å². The molecule has 0 fully saturated rings. The Morgan fingerprint density at radius 2 is 1.71 bits per heavy atom. The van der Waals surface area contributed by atoms with Gasteiger partial charge in [0.25, 0.3) is 0 Å². The van der Waals surface area contributed by atoms with E-state index in [9.17, 15) is 14.4 Å². The summed E-state index contributed by atoms with van der Waals surface area (Å²) in [7, 11) is 0. The van der Waals surface area contributed by atoms with Gasteiger partial charge in [-0.3, -0.25) is 4.79 Å². The fourth-order valence-corrected chi connectivity index (χ4v) is 1.43. The second kappa shape index (κ2) is 8.36. The quantitative estimate of drug-likeness (QED) is 0.464. The van der Waals surface area contributed by atoms with Crippen LogP contribution >= 0.6 is 0 Å². The van der Waals surface area contributed by atoms with E-state index in [0.717, 1.165) is 6.08 Å². The normalized spacial score (nSPS) is 10.1. The van der Waals surface area contributed by atoms with E-state index in [1.54, 1.807) is 24.3 Å². The number of anilines is 1. The van der Waals surface area contributed by atoms with Gasteiger partial charge in [0.15, 0.2) is 0 Å². The van der Waals surface area contributed by atoms with E-state index in [1.807, 2.05) is 0 Å². The number of carbonyl (C=O) groups is 3. The molecule has 0 saturated carbocycles. The average molecular weight is 291 g/mol. The summed E-state index contributed by atoms with van der Waals surface area (Å²) in [6.07, 6.45) is 2.50. The smallest absolute Gasteiger partial charge is 0.328 e. The van der Waals surface area contributed by atoms with Crippen LogP contribution in [0.5, 0.6) is 0 Å². The number of rotatable bonds is 6. The Hall–Kier alpha value is -2.83. The van der Waals surface area contributed by atoms with Crippen molar-refractivity contribution in [3.8, 4) is 0 Å². The Balaban J connectivity index is 2.39. The Labute approximate surface area is 122 Å². The van der Waals surface area contributed by atoms with Gasteiger partial charge in [-0.15, -0.1) is 0 Å². The van der Waals surface area contributed by atoms with Crippen molar-refractivity contribution < 1.29 is 19.5 Å². The molecule has 0 saturated heterocycles. The highest BCUT2D eigenvalue weighted by Gasteiger charge is 2.01. The molecular formula is C14H17N3O4. The zero-order chi connectivity index (χ0) is 15.7. The number of carboxylic acids is 1. The number of aliphatic carboxylic acids is 1. The lowest BCUT2D eigenvalue weighted by molar-refractivity contribution is -0.131. The standard InChI is InChI=1S/C14H17N3O4/c1-10(18)15-8-9-16-14(21)17-12-5-2-11(3-6-12)4-7-13(19)20/h2-7H,8-9H2,1H3,(H,15,18)(H,19,20)(H2,16,17,21)/b7-4+. The SMILES string of the molecule is CC(=O)NCCNC(=O)Nc1ccc(/C=C/C(=O)O)cc1. The number of hydrogen-bond donors (Lipinski definition) is 4. The van der Waals surface area contributed by atoms with Crippen molar-refractivity contribution in [2.75, 3.05) is 18.4 Å². The maximum atomic E-state index is 11.5. The Morgan fingerprint density at radius 1 is 1.10 bits per heavy atom. The van der Waals surface area contributed by atoms with Crippen LogP contribution in [0.4, 0.5) is 10.5 Å². The number of amides is 3. The molecule has 1 aromatic carbocycles. The third-order valence-electron chi connectivity index (χ3n) is 2.37. The highest BCUT2D eigenvalue weighted by molar-refractivity contribution is 5.89. The lowest BCUT2D eigenvalue weighted by atomic mass is 10.2. The monoisotopic (exact) mass is 291 g/mol. The van der Waals surface area contributed by atoms with Crippen LogP contribution in [0.25, 0.3) is 6.08 Å². The zero-order valence-corrected chi connectivity index (χ0v) is 11.6. The molecule has 0 aromatic heterocycles. The molecule has 0 aliphatic rings. The third-order valence-corrected chi connectivity index (χ3v) is 2.37. The first-order valence-electron chi connectivity index (χ1n) is 6.28. The van der Waals surface area contributed by atoms with Crippen molar-refractivity contribution >= 4 is 29.7 Å². The van der Waals surface area contributed by atoms with Crippen molar-refractivity contribution in [2.24, 2.45) is 0 Å². The predicted molar refractivity (Wildman–Crippen MR) is 78.8 cm³/mol. The maximum absolute atomic E-state index is 11.5. The third kappa shape index (κ3) is 7.36. The Bertz CT molecular complexity index is 538. The summed E-state index contributed by atoms with van der Waals surface area (Å²) in [5.41, 5.74) is 1.30. The molecule has 0 unspecified atom stereocenters. The minimum Gasteiger partial charge on any atom is -0.478 e. The molecule has 0 atom stereocenters. The molecule has 0 heterocycles. The molecule has 3 amide bonds. The molecule has 7 nitrogen and oxygen atoms in total. The molecule has 1 aromatic rings. The van der Waals surface area contributed by atoms with Gasteiger partial charge in [0.2, 0.25) is 5.91 Å². The number of nitrogens with one attached hydrogen (secondary N) is 3. The van der Waals surface area contributed by atoms with Gasteiger partial charge in [-0.2, -0.15) is 0 Å². The molecule has 0 bridgehead atoms. The molecule has 21 heavy (non-hydrogen) atoms. The van der Waals surface area contributed by atoms with Gasteiger partial charge in [0, 0.05) is 31.8 Å². The van der Waals surface area contributed by atoms with E-state index in [2.05, 4.69) is 16.0 Å². The molecule has 7 heteroatoms. The number of urea groups is 1. The van der Waals surface area contributed by atoms with Gasteiger partial charge < -0.3 is 21.1 Å². The second-order valence-corrected chi connectivity index (χ2v) is 4.16. The molecule has 0 spiro atoms. The van der Waals surface area contributed by atoms with Crippen molar-refractivity contribution in [1.82, 2.24) is 10.6 Å². The van der Waals surface area contributed by atoms with Crippen LogP contribution in [0.2, 0.25) is 0 Å². The maximum Gasteiger partial charge on any atom is 0.328 e. The molecule has 0 aliphatic carbocycles. The van der Waals surface area contributed by atoms with Gasteiger partial charge in [0.05, 0.1) is 0 Å². The largest absolute Gasteiger partial charge is 0.478 e. The molecule has 112 valence electrons. The predicted octanol–water partition coefficient (Wildman–Crippen LogP) is 1.04. The van der Waals surface area contributed by atoms with Gasteiger partial charge in [-0.25, -0.2) is 9.59 Å².